The van der Waals surface area contributed by atoms with E-state index in [0.29, 0.717) is 0 Å². The molecule has 2 aromatic rings. The van der Waals surface area contributed by atoms with Gasteiger partial charge in [0.2, 0.25) is 5.91 Å². The number of alkyl halides is 3. The van der Waals surface area contributed by atoms with Gasteiger partial charge in [0.1, 0.15) is 17.9 Å². The van der Waals surface area contributed by atoms with E-state index in [1.165, 1.54) is 6.20 Å². The zero-order chi connectivity index (χ0) is 18.6. The lowest BCUT2D eigenvalue weighted by atomic mass is 10.2. The summed E-state index contributed by atoms with van der Waals surface area (Å²) in [5, 5.41) is 6.25. The molecular weight excluding hydrogens is 341 g/mol. The Bertz CT molecular complexity index is 769. The summed E-state index contributed by atoms with van der Waals surface area (Å²) in [5.41, 5.74) is 5.14. The molecule has 0 atom stereocenters. The fraction of sp³-hybridized carbons (Fsp3) is 0.267. The van der Waals surface area contributed by atoms with Crippen LogP contribution in [0.2, 0.25) is 0 Å². The van der Waals surface area contributed by atoms with Crippen LogP contribution >= 0.6 is 0 Å². The van der Waals surface area contributed by atoms with Crippen molar-refractivity contribution in [2.45, 2.75) is 19.6 Å². The van der Waals surface area contributed by atoms with E-state index in [-0.39, 0.29) is 30.2 Å². The number of carbonyl (C=O) groups excluding carboxylic acids is 2. The lowest BCUT2D eigenvalue weighted by Crippen LogP contribution is -2.21. The Labute approximate surface area is 140 Å². The predicted molar refractivity (Wildman–Crippen MR) is 82.7 cm³/mol. The van der Waals surface area contributed by atoms with E-state index in [4.69, 9.17) is 10.5 Å². The highest BCUT2D eigenvalue weighted by Crippen LogP contribution is 2.29. The van der Waals surface area contributed by atoms with Crippen molar-refractivity contribution in [3.63, 3.8) is 0 Å². The first kappa shape index (κ1) is 18.3. The summed E-state index contributed by atoms with van der Waals surface area (Å²) in [4.78, 5) is 23.6. The number of amides is 1. The van der Waals surface area contributed by atoms with Crippen molar-refractivity contribution in [1.82, 2.24) is 9.78 Å². The largest absolute Gasteiger partial charge is 0.462 e. The topological polar surface area (TPSA) is 99.2 Å². The molecule has 134 valence electrons. The van der Waals surface area contributed by atoms with Gasteiger partial charge in [0, 0.05) is 5.69 Å². The Kier molecular flexibility index (Phi) is 5.30. The van der Waals surface area contributed by atoms with Gasteiger partial charge in [-0.1, -0.05) is 0 Å². The minimum atomic E-state index is -4.45. The third-order valence-electron chi connectivity index (χ3n) is 3.16. The second kappa shape index (κ2) is 7.24. The van der Waals surface area contributed by atoms with Crippen molar-refractivity contribution in [1.29, 1.82) is 0 Å². The van der Waals surface area contributed by atoms with Gasteiger partial charge in [-0.15, -0.1) is 0 Å². The number of nitrogens with two attached hydrogens (primary N) is 1. The van der Waals surface area contributed by atoms with Crippen LogP contribution in [0.4, 0.5) is 24.7 Å². The summed E-state index contributed by atoms with van der Waals surface area (Å²) in [5.74, 6) is -1.26. The molecule has 3 N–H and O–H groups in total. The fourth-order valence-electron chi connectivity index (χ4n) is 1.97. The lowest BCUT2D eigenvalue weighted by molar-refractivity contribution is -0.137. The molecule has 25 heavy (non-hydrogen) atoms. The number of rotatable bonds is 5. The molecule has 1 heterocycles. The number of anilines is 2. The van der Waals surface area contributed by atoms with Gasteiger partial charge in [-0.3, -0.25) is 4.79 Å². The van der Waals surface area contributed by atoms with E-state index in [1.54, 1.807) is 6.92 Å². The Morgan fingerprint density at radius 1 is 1.28 bits per heavy atom. The average molecular weight is 356 g/mol. The molecule has 1 aromatic carbocycles. The molecule has 1 aromatic heterocycles. The smallest absolute Gasteiger partial charge is 0.416 e. The summed E-state index contributed by atoms with van der Waals surface area (Å²) in [6, 6.07) is 3.99. The van der Waals surface area contributed by atoms with Gasteiger partial charge >= 0.3 is 12.1 Å². The monoisotopic (exact) mass is 356 g/mol. The van der Waals surface area contributed by atoms with E-state index in [1.807, 2.05) is 0 Å². The van der Waals surface area contributed by atoms with E-state index < -0.39 is 23.6 Å². The van der Waals surface area contributed by atoms with Crippen LogP contribution in [0.5, 0.6) is 0 Å². The van der Waals surface area contributed by atoms with Gasteiger partial charge in [-0.2, -0.15) is 18.3 Å². The molecule has 0 aliphatic heterocycles. The zero-order valence-electron chi connectivity index (χ0n) is 13.1. The van der Waals surface area contributed by atoms with Crippen LogP contribution in [0.25, 0.3) is 0 Å². The molecule has 0 saturated heterocycles. The minimum absolute atomic E-state index is 0.0316. The summed E-state index contributed by atoms with van der Waals surface area (Å²) < 4.78 is 43.3. The summed E-state index contributed by atoms with van der Waals surface area (Å²) >= 11 is 0. The van der Waals surface area contributed by atoms with Crippen molar-refractivity contribution < 1.29 is 27.5 Å². The van der Waals surface area contributed by atoms with Crippen molar-refractivity contribution in [3.8, 4) is 0 Å². The third-order valence-corrected chi connectivity index (χ3v) is 3.16. The van der Waals surface area contributed by atoms with Crippen LogP contribution in [0.15, 0.2) is 30.5 Å². The van der Waals surface area contributed by atoms with Crippen LogP contribution in [0.1, 0.15) is 22.8 Å². The van der Waals surface area contributed by atoms with Gasteiger partial charge in [-0.05, 0) is 31.2 Å². The number of halogens is 3. The summed E-state index contributed by atoms with van der Waals surface area (Å²) in [6.45, 7) is 1.49. The first-order valence-electron chi connectivity index (χ1n) is 7.18. The Morgan fingerprint density at radius 3 is 2.48 bits per heavy atom. The number of ether oxygens (including phenoxy) is 1. The molecule has 0 spiro atoms. The third kappa shape index (κ3) is 4.49. The molecule has 0 aliphatic rings. The number of aromatic nitrogens is 2. The standard InChI is InChI=1S/C15H15F3N4O3/c1-2-25-14(24)11-7-20-22(13(11)19)8-12(23)21-10-5-3-9(4-6-10)15(16,17)18/h3-7H,2,8,19H2,1H3,(H,21,23). The highest BCUT2D eigenvalue weighted by molar-refractivity contribution is 5.95. The summed E-state index contributed by atoms with van der Waals surface area (Å²) in [7, 11) is 0. The number of hydrogen-bond acceptors (Lipinski definition) is 5. The maximum atomic E-state index is 12.5. The molecular formula is C15H15F3N4O3. The van der Waals surface area contributed by atoms with Crippen LogP contribution in [0, 0.1) is 0 Å². The van der Waals surface area contributed by atoms with Crippen molar-refractivity contribution in [3.05, 3.63) is 41.6 Å². The molecule has 0 aliphatic carbocycles. The Hall–Kier alpha value is -3.04. The van der Waals surface area contributed by atoms with Crippen LogP contribution in [0.3, 0.4) is 0 Å². The molecule has 0 radical (unpaired) electrons. The highest BCUT2D eigenvalue weighted by atomic mass is 19.4. The van der Waals surface area contributed by atoms with Gasteiger partial charge in [0.05, 0.1) is 18.4 Å². The van der Waals surface area contributed by atoms with E-state index >= 15 is 0 Å². The number of nitrogens with zero attached hydrogens (tertiary/aromatic N) is 2. The summed E-state index contributed by atoms with van der Waals surface area (Å²) in [6.07, 6.45) is -3.27. The molecule has 0 bridgehead atoms. The van der Waals surface area contributed by atoms with Crippen molar-refractivity contribution in [2.75, 3.05) is 17.7 Å². The number of hydrogen-bond donors (Lipinski definition) is 2. The van der Waals surface area contributed by atoms with Gasteiger partial charge < -0.3 is 15.8 Å². The van der Waals surface area contributed by atoms with E-state index in [0.717, 1.165) is 28.9 Å². The zero-order valence-corrected chi connectivity index (χ0v) is 13.1. The fourth-order valence-corrected chi connectivity index (χ4v) is 1.97. The van der Waals surface area contributed by atoms with E-state index in [9.17, 15) is 22.8 Å². The number of carbonyl (C=O) groups is 2. The first-order valence-corrected chi connectivity index (χ1v) is 7.18. The Morgan fingerprint density at radius 2 is 1.92 bits per heavy atom. The SMILES string of the molecule is CCOC(=O)c1cnn(CC(=O)Nc2ccc(C(F)(F)F)cc2)c1N. The molecule has 7 nitrogen and oxygen atoms in total. The van der Waals surface area contributed by atoms with Gasteiger partial charge in [-0.25, -0.2) is 9.48 Å². The lowest BCUT2D eigenvalue weighted by Gasteiger charge is -2.09. The second-order valence-corrected chi connectivity index (χ2v) is 4.94. The van der Waals surface area contributed by atoms with Gasteiger partial charge in [0.15, 0.2) is 0 Å². The van der Waals surface area contributed by atoms with Crippen LogP contribution < -0.4 is 11.1 Å². The highest BCUT2D eigenvalue weighted by Gasteiger charge is 2.30. The maximum Gasteiger partial charge on any atom is 0.416 e. The predicted octanol–water partition coefficient (Wildman–Crippen LogP) is 2.30. The maximum absolute atomic E-state index is 12.5. The van der Waals surface area contributed by atoms with Crippen LogP contribution in [-0.4, -0.2) is 28.3 Å². The van der Waals surface area contributed by atoms with Crippen LogP contribution in [-0.2, 0) is 22.3 Å². The minimum Gasteiger partial charge on any atom is -0.462 e. The van der Waals surface area contributed by atoms with Crippen molar-refractivity contribution in [2.24, 2.45) is 0 Å². The van der Waals surface area contributed by atoms with Gasteiger partial charge in [0.25, 0.3) is 0 Å². The molecule has 1 amide bonds. The number of benzene rings is 1. The van der Waals surface area contributed by atoms with E-state index in [2.05, 4.69) is 10.4 Å². The first-order chi connectivity index (χ1) is 11.7. The molecule has 10 heteroatoms. The molecule has 0 unspecified atom stereocenters. The number of nitrogen functional groups attached to an aromatic ring is 1. The quantitative estimate of drug-likeness (QED) is 0.801. The average Bonchev–Trinajstić information content (AvgIpc) is 2.88. The van der Waals surface area contributed by atoms with Crippen molar-refractivity contribution >= 4 is 23.4 Å². The molecule has 0 saturated carbocycles. The Balaban J connectivity index is 2.02. The normalized spacial score (nSPS) is 11.2. The number of nitrogens with one attached hydrogen (secondary N) is 1. The second-order valence-electron chi connectivity index (χ2n) is 4.94. The molecule has 2 rings (SSSR count). The number of esters is 1. The molecule has 0 fully saturated rings.